The van der Waals surface area contributed by atoms with Crippen LogP contribution in [0.1, 0.15) is 11.4 Å². The van der Waals surface area contributed by atoms with Crippen molar-refractivity contribution in [1.29, 1.82) is 0 Å². The fourth-order valence-electron chi connectivity index (χ4n) is 2.63. The van der Waals surface area contributed by atoms with Gasteiger partial charge < -0.3 is 4.57 Å². The van der Waals surface area contributed by atoms with Gasteiger partial charge in [0.05, 0.1) is 6.20 Å². The van der Waals surface area contributed by atoms with Crippen molar-refractivity contribution >= 4 is 11.0 Å². The second-order valence-corrected chi connectivity index (χ2v) is 5.51. The quantitative estimate of drug-likeness (QED) is 0.555. The van der Waals surface area contributed by atoms with Crippen LogP contribution in [-0.2, 0) is 20.1 Å². The predicted molar refractivity (Wildman–Crippen MR) is 87.4 cm³/mol. The summed E-state index contributed by atoms with van der Waals surface area (Å²) in [7, 11) is 1.73. The molecule has 3 heterocycles. The van der Waals surface area contributed by atoms with Crippen LogP contribution >= 0.6 is 0 Å². The van der Waals surface area contributed by atoms with Crippen LogP contribution in [0.4, 0.5) is 0 Å². The Balaban J connectivity index is 1.66. The van der Waals surface area contributed by atoms with E-state index in [1.807, 2.05) is 29.0 Å². The number of rotatable bonds is 4. The van der Waals surface area contributed by atoms with E-state index in [9.17, 15) is 4.79 Å². The maximum Gasteiger partial charge on any atom is 0.281 e. The SMILES string of the molecule is Cn1ncc2c(=O)n(Cc3nccn3Cc3ccccc3)nnc21. The van der Waals surface area contributed by atoms with Crippen molar-refractivity contribution in [2.24, 2.45) is 7.05 Å². The van der Waals surface area contributed by atoms with E-state index >= 15 is 0 Å². The minimum absolute atomic E-state index is 0.220. The van der Waals surface area contributed by atoms with Gasteiger partial charge >= 0.3 is 0 Å². The smallest absolute Gasteiger partial charge is 0.281 e. The number of fused-ring (bicyclic) bond motifs is 1. The molecule has 0 bridgehead atoms. The van der Waals surface area contributed by atoms with Crippen molar-refractivity contribution in [1.82, 2.24) is 34.3 Å². The summed E-state index contributed by atoms with van der Waals surface area (Å²) in [5.74, 6) is 0.749. The first-order chi connectivity index (χ1) is 11.7. The van der Waals surface area contributed by atoms with E-state index in [1.165, 1.54) is 15.6 Å². The minimum atomic E-state index is -0.220. The topological polar surface area (TPSA) is 83.4 Å². The summed E-state index contributed by atoms with van der Waals surface area (Å²) in [5.41, 5.74) is 1.42. The Morgan fingerprint density at radius 2 is 1.96 bits per heavy atom. The highest BCUT2D eigenvalue weighted by Crippen LogP contribution is 2.07. The van der Waals surface area contributed by atoms with Crippen LogP contribution in [0, 0.1) is 0 Å². The zero-order valence-corrected chi connectivity index (χ0v) is 13.1. The fraction of sp³-hybridized carbons (Fsp3) is 0.188. The number of aryl methyl sites for hydroxylation is 1. The van der Waals surface area contributed by atoms with Gasteiger partial charge in [-0.25, -0.2) is 14.3 Å². The molecule has 120 valence electrons. The molecule has 8 nitrogen and oxygen atoms in total. The monoisotopic (exact) mass is 321 g/mol. The maximum atomic E-state index is 12.5. The first-order valence-electron chi connectivity index (χ1n) is 7.52. The van der Waals surface area contributed by atoms with Gasteiger partial charge in [-0.05, 0) is 5.56 Å². The third-order valence-corrected chi connectivity index (χ3v) is 3.91. The molecule has 0 aliphatic carbocycles. The van der Waals surface area contributed by atoms with Crippen molar-refractivity contribution in [3.8, 4) is 0 Å². The molecule has 0 saturated heterocycles. The Morgan fingerprint density at radius 3 is 2.79 bits per heavy atom. The van der Waals surface area contributed by atoms with Crippen molar-refractivity contribution in [3.05, 3.63) is 70.7 Å². The third kappa shape index (κ3) is 2.47. The lowest BCUT2D eigenvalue weighted by molar-refractivity contribution is 0.557. The number of nitrogens with zero attached hydrogens (tertiary/aromatic N) is 7. The molecular formula is C16H15N7O. The molecular weight excluding hydrogens is 306 g/mol. The fourth-order valence-corrected chi connectivity index (χ4v) is 2.63. The molecule has 0 N–H and O–H groups in total. The Labute approximate surface area is 137 Å². The Bertz CT molecular complexity index is 1050. The van der Waals surface area contributed by atoms with Crippen LogP contribution in [0.2, 0.25) is 0 Å². The lowest BCUT2D eigenvalue weighted by Gasteiger charge is -2.08. The molecule has 1 aromatic carbocycles. The first-order valence-corrected chi connectivity index (χ1v) is 7.52. The van der Waals surface area contributed by atoms with E-state index in [1.54, 1.807) is 13.2 Å². The van der Waals surface area contributed by atoms with Crippen LogP contribution in [0.15, 0.2) is 53.7 Å². The Hall–Kier alpha value is -3.29. The molecule has 0 radical (unpaired) electrons. The molecule has 0 aliphatic rings. The van der Waals surface area contributed by atoms with Crippen LogP contribution in [-0.4, -0.2) is 34.3 Å². The van der Waals surface area contributed by atoms with Crippen LogP contribution in [0.5, 0.6) is 0 Å². The van der Waals surface area contributed by atoms with Gasteiger partial charge in [-0.15, -0.1) is 5.10 Å². The molecule has 0 fully saturated rings. The number of hydrogen-bond donors (Lipinski definition) is 0. The summed E-state index contributed by atoms with van der Waals surface area (Å²) in [6.45, 7) is 0.948. The minimum Gasteiger partial charge on any atom is -0.329 e. The van der Waals surface area contributed by atoms with Crippen molar-refractivity contribution in [2.75, 3.05) is 0 Å². The lowest BCUT2D eigenvalue weighted by Crippen LogP contribution is -2.26. The van der Waals surface area contributed by atoms with E-state index in [0.717, 1.165) is 11.4 Å². The first kappa shape index (κ1) is 14.3. The predicted octanol–water partition coefficient (Wildman–Crippen LogP) is 0.818. The zero-order chi connectivity index (χ0) is 16.5. The molecule has 0 saturated carbocycles. The van der Waals surface area contributed by atoms with E-state index in [-0.39, 0.29) is 12.1 Å². The molecule has 24 heavy (non-hydrogen) atoms. The number of benzene rings is 1. The summed E-state index contributed by atoms with van der Waals surface area (Å²) in [5, 5.41) is 12.6. The van der Waals surface area contributed by atoms with E-state index in [4.69, 9.17) is 0 Å². The highest BCUT2D eigenvalue weighted by atomic mass is 16.1. The summed E-state index contributed by atoms with van der Waals surface area (Å²) >= 11 is 0. The van der Waals surface area contributed by atoms with E-state index in [2.05, 4.69) is 32.5 Å². The van der Waals surface area contributed by atoms with Gasteiger partial charge in [0, 0.05) is 26.0 Å². The second kappa shape index (κ2) is 5.73. The van der Waals surface area contributed by atoms with Crippen LogP contribution in [0.25, 0.3) is 11.0 Å². The lowest BCUT2D eigenvalue weighted by atomic mass is 10.2. The van der Waals surface area contributed by atoms with Crippen molar-refractivity contribution < 1.29 is 0 Å². The summed E-state index contributed by atoms with van der Waals surface area (Å²) in [4.78, 5) is 16.9. The molecule has 4 rings (SSSR count). The highest BCUT2D eigenvalue weighted by Gasteiger charge is 2.12. The van der Waals surface area contributed by atoms with Gasteiger partial charge in [-0.1, -0.05) is 35.5 Å². The highest BCUT2D eigenvalue weighted by molar-refractivity contribution is 5.72. The largest absolute Gasteiger partial charge is 0.329 e. The van der Waals surface area contributed by atoms with Gasteiger partial charge in [-0.2, -0.15) is 5.10 Å². The number of imidazole rings is 1. The van der Waals surface area contributed by atoms with E-state index < -0.39 is 0 Å². The van der Waals surface area contributed by atoms with Crippen LogP contribution < -0.4 is 5.56 Å². The maximum absolute atomic E-state index is 12.5. The molecule has 8 heteroatoms. The molecule has 0 amide bonds. The number of hydrogen-bond acceptors (Lipinski definition) is 5. The van der Waals surface area contributed by atoms with Gasteiger partial charge in [-0.3, -0.25) is 4.79 Å². The molecule has 3 aromatic heterocycles. The van der Waals surface area contributed by atoms with Gasteiger partial charge in [0.25, 0.3) is 5.56 Å². The molecule has 0 atom stereocenters. The van der Waals surface area contributed by atoms with E-state index in [0.29, 0.717) is 17.6 Å². The normalized spacial score (nSPS) is 11.2. The molecule has 0 unspecified atom stereocenters. The molecule has 0 aliphatic heterocycles. The van der Waals surface area contributed by atoms with Gasteiger partial charge in [0.1, 0.15) is 17.8 Å². The zero-order valence-electron chi connectivity index (χ0n) is 13.1. The molecule has 4 aromatic rings. The van der Waals surface area contributed by atoms with Gasteiger partial charge in [0.15, 0.2) is 5.65 Å². The third-order valence-electron chi connectivity index (χ3n) is 3.91. The van der Waals surface area contributed by atoms with Crippen molar-refractivity contribution in [2.45, 2.75) is 13.1 Å². The average molecular weight is 321 g/mol. The van der Waals surface area contributed by atoms with Crippen LogP contribution in [0.3, 0.4) is 0 Å². The standard InChI is InChI=1S/C16H15N7O/c1-21-15-13(9-18-21)16(24)23(20-19-15)11-14-17-7-8-22(14)10-12-5-3-2-4-6-12/h2-9H,10-11H2,1H3. The Kier molecular flexibility index (Phi) is 3.42. The van der Waals surface area contributed by atoms with Crippen molar-refractivity contribution in [3.63, 3.8) is 0 Å². The molecule has 0 spiro atoms. The van der Waals surface area contributed by atoms with Gasteiger partial charge in [0.2, 0.25) is 0 Å². The summed E-state index contributed by atoms with van der Waals surface area (Å²) in [6.07, 6.45) is 5.13. The number of aromatic nitrogens is 7. The second-order valence-electron chi connectivity index (χ2n) is 5.51. The summed E-state index contributed by atoms with van der Waals surface area (Å²) < 4.78 is 4.84. The Morgan fingerprint density at radius 1 is 1.12 bits per heavy atom. The average Bonchev–Trinajstić information content (AvgIpc) is 3.19. The summed E-state index contributed by atoms with van der Waals surface area (Å²) in [6, 6.07) is 10.1.